The molecule has 1 unspecified atom stereocenters. The summed E-state index contributed by atoms with van der Waals surface area (Å²) >= 11 is 6.19. The van der Waals surface area contributed by atoms with Gasteiger partial charge >= 0.3 is 5.69 Å². The normalized spacial score (nSPS) is 18.1. The van der Waals surface area contributed by atoms with Gasteiger partial charge in [-0.05, 0) is 37.3 Å². The Morgan fingerprint density at radius 3 is 2.64 bits per heavy atom. The third-order valence-corrected chi connectivity index (χ3v) is 5.30. The summed E-state index contributed by atoms with van der Waals surface area (Å²) in [6.45, 7) is 2.73. The molecular weight excluding hydrogens is 346 g/mol. The quantitative estimate of drug-likeness (QED) is 0.754. The Balaban J connectivity index is 2.05. The predicted molar refractivity (Wildman–Crippen MR) is 94.9 cm³/mol. The lowest BCUT2D eigenvalue weighted by Crippen LogP contribution is -2.45. The van der Waals surface area contributed by atoms with Crippen molar-refractivity contribution >= 4 is 28.7 Å². The number of nitrogens with zero attached hydrogens (tertiary/aromatic N) is 5. The van der Waals surface area contributed by atoms with Crippen molar-refractivity contribution in [1.82, 2.24) is 23.6 Å². The van der Waals surface area contributed by atoms with Crippen molar-refractivity contribution in [2.24, 2.45) is 14.1 Å². The largest absolute Gasteiger partial charge is 0.338 e. The molecule has 1 aliphatic heterocycles. The highest BCUT2D eigenvalue weighted by molar-refractivity contribution is 6.29. The topological polar surface area (TPSA) is 82.1 Å². The molecule has 2 aromatic heterocycles. The lowest BCUT2D eigenvalue weighted by molar-refractivity contribution is -0.135. The number of hydrogen-bond donors (Lipinski definition) is 0. The van der Waals surface area contributed by atoms with Crippen molar-refractivity contribution in [2.45, 2.75) is 45.2 Å². The Hall–Kier alpha value is -2.09. The van der Waals surface area contributed by atoms with Gasteiger partial charge in [-0.15, -0.1) is 0 Å². The number of halogens is 1. The van der Waals surface area contributed by atoms with Crippen LogP contribution in [0.1, 0.15) is 32.6 Å². The highest BCUT2D eigenvalue weighted by Crippen LogP contribution is 2.21. The van der Waals surface area contributed by atoms with Crippen molar-refractivity contribution in [1.29, 1.82) is 0 Å². The van der Waals surface area contributed by atoms with Crippen LogP contribution in [0.4, 0.5) is 0 Å². The van der Waals surface area contributed by atoms with Gasteiger partial charge in [0.1, 0.15) is 6.54 Å². The van der Waals surface area contributed by atoms with E-state index in [9.17, 15) is 14.4 Å². The van der Waals surface area contributed by atoms with Crippen molar-refractivity contribution in [2.75, 3.05) is 6.54 Å². The summed E-state index contributed by atoms with van der Waals surface area (Å²) in [6.07, 6.45) is 4.01. The smallest absolute Gasteiger partial charge is 0.332 e. The second-order valence-electron chi connectivity index (χ2n) is 6.49. The molecule has 1 aliphatic rings. The van der Waals surface area contributed by atoms with Crippen LogP contribution in [0.2, 0.25) is 5.28 Å². The zero-order chi connectivity index (χ0) is 18.3. The number of rotatable bonds is 3. The molecule has 2 aromatic rings. The van der Waals surface area contributed by atoms with E-state index in [1.165, 1.54) is 23.2 Å². The Morgan fingerprint density at radius 1 is 1.24 bits per heavy atom. The van der Waals surface area contributed by atoms with Crippen LogP contribution in [0.15, 0.2) is 9.59 Å². The highest BCUT2D eigenvalue weighted by Gasteiger charge is 2.27. The second-order valence-corrected chi connectivity index (χ2v) is 6.83. The summed E-state index contributed by atoms with van der Waals surface area (Å²) in [5, 5.41) is 0.0340. The standard InChI is InChI=1S/C16H22ClN5O3/c1-4-10-7-5-6-8-21(10)11(23)9-22-12-13(18-15(22)17)19(2)16(25)20(3)14(12)24/h10H,4-9H2,1-3H3. The van der Waals surface area contributed by atoms with Crippen LogP contribution in [0.5, 0.6) is 0 Å². The second kappa shape index (κ2) is 6.67. The number of carbonyl (C=O) groups is 1. The summed E-state index contributed by atoms with van der Waals surface area (Å²) < 4.78 is 3.67. The molecule has 0 aromatic carbocycles. The van der Waals surface area contributed by atoms with Crippen LogP contribution in [-0.4, -0.2) is 42.1 Å². The molecule has 136 valence electrons. The van der Waals surface area contributed by atoms with E-state index in [2.05, 4.69) is 11.9 Å². The first-order valence-electron chi connectivity index (χ1n) is 8.48. The van der Waals surface area contributed by atoms with E-state index >= 15 is 0 Å². The predicted octanol–water partition coefficient (Wildman–Crippen LogP) is 0.878. The van der Waals surface area contributed by atoms with Crippen LogP contribution in [0.3, 0.4) is 0 Å². The summed E-state index contributed by atoms with van der Waals surface area (Å²) in [4.78, 5) is 43.4. The molecule has 1 atom stereocenters. The first kappa shape index (κ1) is 17.7. The van der Waals surface area contributed by atoms with Gasteiger partial charge in [-0.25, -0.2) is 4.79 Å². The number of carbonyl (C=O) groups excluding carboxylic acids is 1. The molecule has 9 heteroatoms. The first-order chi connectivity index (χ1) is 11.9. The SMILES string of the molecule is CCC1CCCCN1C(=O)Cn1c(Cl)nc2c1c(=O)n(C)c(=O)n2C. The van der Waals surface area contributed by atoms with Gasteiger partial charge in [0.15, 0.2) is 11.2 Å². The Bertz CT molecular complexity index is 942. The maximum absolute atomic E-state index is 12.8. The number of piperidine rings is 1. The maximum Gasteiger partial charge on any atom is 0.332 e. The molecule has 3 heterocycles. The molecule has 3 rings (SSSR count). The highest BCUT2D eigenvalue weighted by atomic mass is 35.5. The first-order valence-corrected chi connectivity index (χ1v) is 8.85. The minimum Gasteiger partial charge on any atom is -0.338 e. The van der Waals surface area contributed by atoms with Gasteiger partial charge in [-0.2, -0.15) is 4.98 Å². The summed E-state index contributed by atoms with van der Waals surface area (Å²) in [5.41, 5.74) is -0.618. The number of amides is 1. The average Bonchev–Trinajstić information content (AvgIpc) is 2.94. The van der Waals surface area contributed by atoms with Crippen molar-refractivity contribution < 1.29 is 4.79 Å². The van der Waals surface area contributed by atoms with Crippen LogP contribution in [0.25, 0.3) is 11.2 Å². The average molecular weight is 368 g/mol. The van der Waals surface area contributed by atoms with Crippen LogP contribution >= 0.6 is 11.6 Å². The van der Waals surface area contributed by atoms with Crippen LogP contribution < -0.4 is 11.2 Å². The third kappa shape index (κ3) is 2.88. The van der Waals surface area contributed by atoms with E-state index in [1.54, 1.807) is 0 Å². The molecular formula is C16H22ClN5O3. The lowest BCUT2D eigenvalue weighted by Gasteiger charge is -2.35. The van der Waals surface area contributed by atoms with Gasteiger partial charge < -0.3 is 4.90 Å². The molecule has 0 bridgehead atoms. The van der Waals surface area contributed by atoms with Gasteiger partial charge in [-0.1, -0.05) is 6.92 Å². The summed E-state index contributed by atoms with van der Waals surface area (Å²) in [6, 6.07) is 0.224. The Morgan fingerprint density at radius 2 is 1.96 bits per heavy atom. The van der Waals surface area contributed by atoms with Crippen molar-refractivity contribution in [3.63, 3.8) is 0 Å². The number of fused-ring (bicyclic) bond motifs is 1. The molecule has 8 nitrogen and oxygen atoms in total. The lowest BCUT2D eigenvalue weighted by atomic mass is 10.00. The molecule has 0 spiro atoms. The Labute approximate surface area is 149 Å². The number of aromatic nitrogens is 4. The molecule has 1 fully saturated rings. The zero-order valence-electron chi connectivity index (χ0n) is 14.7. The van der Waals surface area contributed by atoms with E-state index < -0.39 is 11.2 Å². The fraction of sp³-hybridized carbons (Fsp3) is 0.625. The minimum atomic E-state index is -0.504. The fourth-order valence-corrected chi connectivity index (χ4v) is 3.77. The number of likely N-dealkylation sites (tertiary alicyclic amines) is 1. The Kier molecular flexibility index (Phi) is 4.73. The van der Waals surface area contributed by atoms with Crippen LogP contribution in [0, 0.1) is 0 Å². The summed E-state index contributed by atoms with van der Waals surface area (Å²) in [7, 11) is 2.92. The van der Waals surface area contributed by atoms with Gasteiger partial charge in [-0.3, -0.25) is 23.3 Å². The molecule has 25 heavy (non-hydrogen) atoms. The monoisotopic (exact) mass is 367 g/mol. The number of hydrogen-bond acceptors (Lipinski definition) is 4. The molecule has 1 amide bonds. The van der Waals surface area contributed by atoms with E-state index in [0.29, 0.717) is 0 Å². The van der Waals surface area contributed by atoms with Gasteiger partial charge in [0.2, 0.25) is 11.2 Å². The van der Waals surface area contributed by atoms with Gasteiger partial charge in [0, 0.05) is 26.7 Å². The molecule has 0 N–H and O–H groups in total. The number of imidazole rings is 1. The molecule has 1 saturated heterocycles. The molecule has 0 radical (unpaired) electrons. The number of aryl methyl sites for hydroxylation is 1. The van der Waals surface area contributed by atoms with Gasteiger partial charge in [0.25, 0.3) is 5.56 Å². The van der Waals surface area contributed by atoms with Gasteiger partial charge in [0.05, 0.1) is 0 Å². The maximum atomic E-state index is 12.8. The van der Waals surface area contributed by atoms with E-state index in [-0.39, 0.29) is 34.9 Å². The van der Waals surface area contributed by atoms with Crippen molar-refractivity contribution in [3.05, 3.63) is 26.1 Å². The fourth-order valence-electron chi connectivity index (χ4n) is 3.54. The zero-order valence-corrected chi connectivity index (χ0v) is 15.4. The van der Waals surface area contributed by atoms with E-state index in [0.717, 1.165) is 36.8 Å². The molecule has 0 aliphatic carbocycles. The third-order valence-electron chi connectivity index (χ3n) is 5.01. The van der Waals surface area contributed by atoms with E-state index in [1.807, 2.05) is 4.90 Å². The van der Waals surface area contributed by atoms with Crippen LogP contribution in [-0.2, 0) is 25.4 Å². The van der Waals surface area contributed by atoms with E-state index in [4.69, 9.17) is 11.6 Å². The van der Waals surface area contributed by atoms with Crippen molar-refractivity contribution in [3.8, 4) is 0 Å². The summed E-state index contributed by atoms with van der Waals surface area (Å²) in [5.74, 6) is -0.0799. The molecule has 0 saturated carbocycles. The minimum absolute atomic E-state index is 0.0340.